The van der Waals surface area contributed by atoms with Gasteiger partial charge in [-0.25, -0.2) is 9.18 Å². The third-order valence-electron chi connectivity index (χ3n) is 7.76. The number of fused-ring (bicyclic) bond motifs is 1. The van der Waals surface area contributed by atoms with E-state index < -0.39 is 5.82 Å². The van der Waals surface area contributed by atoms with E-state index >= 15 is 0 Å². The van der Waals surface area contributed by atoms with Gasteiger partial charge >= 0.3 is 6.03 Å². The van der Waals surface area contributed by atoms with Crippen LogP contribution in [-0.2, 0) is 0 Å². The fourth-order valence-corrected chi connectivity index (χ4v) is 5.63. The Bertz CT molecular complexity index is 1070. The summed E-state index contributed by atoms with van der Waals surface area (Å²) >= 11 is 5.87. The molecule has 3 fully saturated rings. The van der Waals surface area contributed by atoms with Crippen molar-refractivity contribution in [3.05, 3.63) is 64.9 Å². The zero-order valence-corrected chi connectivity index (χ0v) is 22.3. The number of halogens is 2. The maximum Gasteiger partial charge on any atom is 0.322 e. The number of hydrogen-bond donors (Lipinski definition) is 1. The molecule has 0 bridgehead atoms. The summed E-state index contributed by atoms with van der Waals surface area (Å²) in [5, 5.41) is 11.3. The molecule has 1 N–H and O–H groups in total. The standard InChI is InChI=1S/C22H32ClFN4O.C7H5N/c1-26-10-12-27(13-11-26)8-2-3-9-28(21-7-4-16-14-18(16)21)22(29)25-17-5-6-20(24)19(23)15-17;8-6-7-4-2-1-3-5-7/h5-6,15-16,18,21H,2-4,7-14H2,1H3,(H,25,29);1-5H. The van der Waals surface area contributed by atoms with Crippen LogP contribution in [0.25, 0.3) is 0 Å². The second kappa shape index (κ2) is 13.2. The zero-order chi connectivity index (χ0) is 26.2. The molecule has 2 aromatic carbocycles. The van der Waals surface area contributed by atoms with Crippen LogP contribution in [-0.4, -0.2) is 73.1 Å². The minimum Gasteiger partial charge on any atom is -0.321 e. The molecule has 5 rings (SSSR count). The highest BCUT2D eigenvalue weighted by atomic mass is 35.5. The minimum atomic E-state index is -0.470. The maximum absolute atomic E-state index is 13.4. The van der Waals surface area contributed by atoms with Gasteiger partial charge < -0.3 is 20.0 Å². The molecule has 6 nitrogen and oxygen atoms in total. The largest absolute Gasteiger partial charge is 0.322 e. The lowest BCUT2D eigenvalue weighted by Crippen LogP contribution is -2.45. The normalized spacial score (nSPS) is 22.8. The Morgan fingerprint density at radius 1 is 1.14 bits per heavy atom. The third-order valence-corrected chi connectivity index (χ3v) is 8.05. The van der Waals surface area contributed by atoms with Crippen LogP contribution in [0.4, 0.5) is 14.9 Å². The summed E-state index contributed by atoms with van der Waals surface area (Å²) in [4.78, 5) is 20.0. The lowest BCUT2D eigenvalue weighted by molar-refractivity contribution is 0.147. The van der Waals surface area contributed by atoms with Crippen molar-refractivity contribution in [3.63, 3.8) is 0 Å². The predicted octanol–water partition coefficient (Wildman–Crippen LogP) is 5.70. The molecule has 2 aliphatic carbocycles. The quantitative estimate of drug-likeness (QED) is 0.471. The SMILES string of the molecule is CN1CCN(CCCCN(C(=O)Nc2ccc(F)c(Cl)c2)C2CCC3CC32)CC1.N#Cc1ccccc1. The molecule has 8 heteroatoms. The maximum atomic E-state index is 13.4. The van der Waals surface area contributed by atoms with Crippen molar-refractivity contribution in [2.24, 2.45) is 11.8 Å². The number of hydrogen-bond acceptors (Lipinski definition) is 4. The summed E-state index contributed by atoms with van der Waals surface area (Å²) in [5.41, 5.74) is 1.27. The number of nitrogens with zero attached hydrogens (tertiary/aromatic N) is 4. The van der Waals surface area contributed by atoms with Crippen LogP contribution in [0.1, 0.15) is 37.7 Å². The molecule has 0 spiro atoms. The van der Waals surface area contributed by atoms with Gasteiger partial charge in [0, 0.05) is 44.5 Å². The van der Waals surface area contributed by atoms with Gasteiger partial charge in [-0.15, -0.1) is 0 Å². The summed E-state index contributed by atoms with van der Waals surface area (Å²) < 4.78 is 13.4. The molecule has 2 amide bonds. The number of anilines is 1. The van der Waals surface area contributed by atoms with Gasteiger partial charge in [0.25, 0.3) is 0 Å². The van der Waals surface area contributed by atoms with E-state index in [1.807, 2.05) is 29.2 Å². The molecule has 3 unspecified atom stereocenters. The van der Waals surface area contributed by atoms with Crippen LogP contribution < -0.4 is 5.32 Å². The molecular weight excluding hydrogens is 489 g/mol. The molecule has 37 heavy (non-hydrogen) atoms. The van der Waals surface area contributed by atoms with E-state index in [0.29, 0.717) is 23.2 Å². The first kappa shape index (κ1) is 27.4. The highest BCUT2D eigenvalue weighted by Crippen LogP contribution is 2.53. The number of nitriles is 1. The molecule has 1 aliphatic heterocycles. The number of benzene rings is 2. The topological polar surface area (TPSA) is 62.6 Å². The van der Waals surface area contributed by atoms with E-state index in [1.165, 1.54) is 25.0 Å². The Balaban J connectivity index is 0.000000342. The van der Waals surface area contributed by atoms with Gasteiger partial charge in [0.15, 0.2) is 0 Å². The van der Waals surface area contributed by atoms with Crippen LogP contribution in [0.2, 0.25) is 5.02 Å². The summed E-state index contributed by atoms with van der Waals surface area (Å²) in [6.45, 7) is 6.44. The average Bonchev–Trinajstić information content (AvgIpc) is 3.58. The first-order valence-electron chi connectivity index (χ1n) is 13.3. The number of unbranched alkanes of at least 4 members (excludes halogenated alkanes) is 1. The highest BCUT2D eigenvalue weighted by molar-refractivity contribution is 6.31. The molecular formula is C29H37ClFN5O. The molecule has 1 saturated heterocycles. The van der Waals surface area contributed by atoms with E-state index in [2.05, 4.69) is 22.2 Å². The fourth-order valence-electron chi connectivity index (χ4n) is 5.45. The van der Waals surface area contributed by atoms with Gasteiger partial charge in [-0.1, -0.05) is 29.8 Å². The second-order valence-electron chi connectivity index (χ2n) is 10.4. The Morgan fingerprint density at radius 3 is 2.49 bits per heavy atom. The first-order chi connectivity index (χ1) is 17.9. The molecule has 0 radical (unpaired) electrons. The first-order valence-corrected chi connectivity index (χ1v) is 13.7. The van der Waals surface area contributed by atoms with Gasteiger partial charge in [-0.2, -0.15) is 5.26 Å². The van der Waals surface area contributed by atoms with Crippen LogP contribution in [0.5, 0.6) is 0 Å². The van der Waals surface area contributed by atoms with Gasteiger partial charge in [0.1, 0.15) is 5.82 Å². The summed E-state index contributed by atoms with van der Waals surface area (Å²) in [7, 11) is 2.18. The highest BCUT2D eigenvalue weighted by Gasteiger charge is 2.51. The van der Waals surface area contributed by atoms with Crippen molar-refractivity contribution in [3.8, 4) is 6.07 Å². The van der Waals surface area contributed by atoms with Gasteiger partial charge in [-0.05, 0) is 87.9 Å². The fraction of sp³-hybridized carbons (Fsp3) is 0.517. The molecule has 2 saturated carbocycles. The third kappa shape index (κ3) is 7.91. The number of urea groups is 1. The molecule has 1 heterocycles. The van der Waals surface area contributed by atoms with Crippen LogP contribution in [0, 0.1) is 29.0 Å². The van der Waals surface area contributed by atoms with E-state index in [4.69, 9.17) is 16.9 Å². The predicted molar refractivity (Wildman–Crippen MR) is 146 cm³/mol. The second-order valence-corrected chi connectivity index (χ2v) is 10.8. The van der Waals surface area contributed by atoms with Crippen LogP contribution in [0.3, 0.4) is 0 Å². The van der Waals surface area contributed by atoms with Crippen LogP contribution >= 0.6 is 11.6 Å². The Morgan fingerprint density at radius 2 is 1.89 bits per heavy atom. The van der Waals surface area contributed by atoms with E-state index in [1.54, 1.807) is 18.2 Å². The number of piperazine rings is 1. The van der Waals surface area contributed by atoms with Crippen LogP contribution in [0.15, 0.2) is 48.5 Å². The smallest absolute Gasteiger partial charge is 0.321 e. The monoisotopic (exact) mass is 525 g/mol. The number of nitrogens with one attached hydrogen (secondary N) is 1. The lowest BCUT2D eigenvalue weighted by Gasteiger charge is -2.33. The molecule has 3 atom stereocenters. The van der Waals surface area contributed by atoms with Gasteiger partial charge in [-0.3, -0.25) is 0 Å². The van der Waals surface area contributed by atoms with E-state index in [-0.39, 0.29) is 11.1 Å². The number of carbonyl (C=O) groups excluding carboxylic acids is 1. The summed E-state index contributed by atoms with van der Waals surface area (Å²) in [6, 6.07) is 15.8. The van der Waals surface area contributed by atoms with Gasteiger partial charge in [0.2, 0.25) is 0 Å². The number of rotatable bonds is 7. The molecule has 0 aromatic heterocycles. The Hall–Kier alpha value is -2.66. The lowest BCUT2D eigenvalue weighted by atomic mass is 10.1. The summed E-state index contributed by atoms with van der Waals surface area (Å²) in [6.07, 6.45) is 5.72. The van der Waals surface area contributed by atoms with E-state index in [0.717, 1.165) is 64.4 Å². The molecule has 2 aromatic rings. The number of carbonyl (C=O) groups is 1. The molecule has 198 valence electrons. The Kier molecular flexibility index (Phi) is 9.79. The average molecular weight is 526 g/mol. The van der Waals surface area contributed by atoms with Crippen molar-refractivity contribution in [1.82, 2.24) is 14.7 Å². The summed E-state index contributed by atoms with van der Waals surface area (Å²) in [5.74, 6) is 1.03. The van der Waals surface area contributed by atoms with Gasteiger partial charge in [0.05, 0.1) is 16.7 Å². The van der Waals surface area contributed by atoms with Crippen molar-refractivity contribution in [2.45, 2.75) is 38.1 Å². The van der Waals surface area contributed by atoms with E-state index in [9.17, 15) is 9.18 Å². The van der Waals surface area contributed by atoms with Crippen molar-refractivity contribution < 1.29 is 9.18 Å². The molecule has 3 aliphatic rings. The van der Waals surface area contributed by atoms with Crippen molar-refractivity contribution in [2.75, 3.05) is 51.6 Å². The zero-order valence-electron chi connectivity index (χ0n) is 21.6. The number of likely N-dealkylation sites (N-methyl/N-ethyl adjacent to an activating group) is 1. The van der Waals surface area contributed by atoms with Crippen molar-refractivity contribution >= 4 is 23.3 Å². The Labute approximate surface area is 225 Å². The van der Waals surface area contributed by atoms with Crippen molar-refractivity contribution in [1.29, 1.82) is 5.26 Å². The number of amides is 2. The minimum absolute atomic E-state index is 0.0321.